The first-order valence-corrected chi connectivity index (χ1v) is 13.1. The van der Waals surface area contributed by atoms with Crippen molar-refractivity contribution in [1.29, 1.82) is 0 Å². The summed E-state index contributed by atoms with van der Waals surface area (Å²) in [5, 5.41) is 0.799. The van der Waals surface area contributed by atoms with E-state index in [1.54, 1.807) is 7.05 Å². The van der Waals surface area contributed by atoms with Crippen LogP contribution in [0.1, 0.15) is 37.4 Å². The van der Waals surface area contributed by atoms with Gasteiger partial charge in [-0.25, -0.2) is 14.8 Å². The minimum atomic E-state index is -0.424. The number of aryl methyl sites for hydroxylation is 1. The number of rotatable bonds is 5. The van der Waals surface area contributed by atoms with Gasteiger partial charge >= 0.3 is 5.69 Å². The Morgan fingerprint density at radius 1 is 0.971 bits per heavy atom. The third-order valence-electron chi connectivity index (χ3n) is 7.09. The number of thioether (sulfide) groups is 1. The molecule has 0 N–H and O–H groups in total. The lowest BCUT2D eigenvalue weighted by Crippen LogP contribution is -2.49. The molecule has 1 aliphatic heterocycles. The minimum Gasteiger partial charge on any atom is -0.368 e. The van der Waals surface area contributed by atoms with Crippen molar-refractivity contribution in [1.82, 2.24) is 24.0 Å². The zero-order chi connectivity index (χ0) is 24.5. The Morgan fingerprint density at radius 2 is 1.66 bits per heavy atom. The van der Waals surface area contributed by atoms with Crippen LogP contribution < -0.4 is 16.1 Å². The maximum absolute atomic E-state index is 13.1. The highest BCUT2D eigenvalue weighted by molar-refractivity contribution is 8.00. The molecule has 5 rings (SSSR count). The van der Waals surface area contributed by atoms with Crippen LogP contribution in [0.2, 0.25) is 0 Å². The van der Waals surface area contributed by atoms with Crippen molar-refractivity contribution in [3.05, 3.63) is 57.0 Å². The van der Waals surface area contributed by atoms with E-state index < -0.39 is 11.2 Å². The first kappa shape index (κ1) is 23.6. The van der Waals surface area contributed by atoms with Crippen molar-refractivity contribution < 1.29 is 4.79 Å². The van der Waals surface area contributed by atoms with Gasteiger partial charge in [-0.3, -0.25) is 18.7 Å². The average Bonchev–Trinajstić information content (AvgIpc) is 3.44. The lowest BCUT2D eigenvalue weighted by Gasteiger charge is -2.36. The molecule has 0 radical (unpaired) electrons. The highest BCUT2D eigenvalue weighted by atomic mass is 32.2. The first-order valence-electron chi connectivity index (χ1n) is 12.1. The van der Waals surface area contributed by atoms with Crippen molar-refractivity contribution in [3.8, 4) is 0 Å². The van der Waals surface area contributed by atoms with Crippen LogP contribution >= 0.6 is 11.8 Å². The lowest BCUT2D eigenvalue weighted by atomic mass is 10.1. The van der Waals surface area contributed by atoms with E-state index in [1.807, 2.05) is 23.1 Å². The molecule has 3 aromatic rings. The fraction of sp³-hybridized carbons (Fsp3) is 0.480. The van der Waals surface area contributed by atoms with E-state index in [0.29, 0.717) is 35.0 Å². The van der Waals surface area contributed by atoms with Crippen molar-refractivity contribution in [2.75, 3.05) is 36.8 Å². The summed E-state index contributed by atoms with van der Waals surface area (Å²) in [5.41, 5.74) is 0.679. The Hall–Kier alpha value is -3.14. The Labute approximate surface area is 207 Å². The van der Waals surface area contributed by atoms with E-state index >= 15 is 0 Å². The molecule has 2 fully saturated rings. The van der Waals surface area contributed by atoms with E-state index in [4.69, 9.17) is 4.98 Å². The number of nitrogens with zero attached hydrogens (tertiary/aromatic N) is 6. The zero-order valence-corrected chi connectivity index (χ0v) is 21.0. The van der Waals surface area contributed by atoms with Crippen LogP contribution in [-0.2, 0) is 18.9 Å². The standard InChI is InChI=1S/C25H30N6O3S/c1-28-22-20(24(33)29(2)25(28)34)23(27-21(26-22)17-8-6-7-9-17)35-16-19(32)31-14-12-30(13-15-31)18-10-4-3-5-11-18/h3-5,10-11,17H,6-9,12-16H2,1-2H3. The van der Waals surface area contributed by atoms with Crippen LogP contribution in [-0.4, -0.2) is 61.8 Å². The topological polar surface area (TPSA) is 93.3 Å². The number of para-hydroxylation sites is 1. The predicted molar refractivity (Wildman–Crippen MR) is 137 cm³/mol. The summed E-state index contributed by atoms with van der Waals surface area (Å²) in [5.74, 6) is 1.11. The SMILES string of the molecule is Cn1c(=O)c2c(SCC(=O)N3CCN(c4ccccc4)CC3)nc(C3CCCC3)nc2n(C)c1=O. The number of fused-ring (bicyclic) bond motifs is 1. The summed E-state index contributed by atoms with van der Waals surface area (Å²) >= 11 is 1.27. The highest BCUT2D eigenvalue weighted by Gasteiger charge is 2.26. The monoisotopic (exact) mass is 494 g/mol. The summed E-state index contributed by atoms with van der Waals surface area (Å²) in [6.45, 7) is 2.88. The Kier molecular flexibility index (Phi) is 6.64. The second kappa shape index (κ2) is 9.85. The van der Waals surface area contributed by atoms with Gasteiger partial charge in [0, 0.05) is 51.9 Å². The molecule has 0 atom stereocenters. The lowest BCUT2D eigenvalue weighted by molar-refractivity contribution is -0.128. The molecule has 0 spiro atoms. The van der Waals surface area contributed by atoms with Gasteiger partial charge in [-0.1, -0.05) is 42.8 Å². The second-order valence-electron chi connectivity index (χ2n) is 9.26. The summed E-state index contributed by atoms with van der Waals surface area (Å²) in [6, 6.07) is 10.2. The number of carbonyl (C=O) groups excluding carboxylic acids is 1. The molecule has 0 bridgehead atoms. The zero-order valence-electron chi connectivity index (χ0n) is 20.1. The Balaban J connectivity index is 1.37. The van der Waals surface area contributed by atoms with Gasteiger partial charge in [0.1, 0.15) is 16.2 Å². The van der Waals surface area contributed by atoms with Gasteiger partial charge in [0.15, 0.2) is 5.65 Å². The van der Waals surface area contributed by atoms with Crippen molar-refractivity contribution in [2.45, 2.75) is 36.6 Å². The predicted octanol–water partition coefficient (Wildman–Crippen LogP) is 2.13. The summed E-state index contributed by atoms with van der Waals surface area (Å²) < 4.78 is 2.49. The number of anilines is 1. The molecule has 3 heterocycles. The minimum absolute atomic E-state index is 0.0264. The number of hydrogen-bond donors (Lipinski definition) is 0. The number of benzene rings is 1. The first-order chi connectivity index (χ1) is 16.9. The molecule has 1 saturated carbocycles. The van der Waals surface area contributed by atoms with Crippen LogP contribution in [0.25, 0.3) is 11.0 Å². The number of carbonyl (C=O) groups is 1. The summed E-state index contributed by atoms with van der Waals surface area (Å²) in [6.07, 6.45) is 4.24. The van der Waals surface area contributed by atoms with E-state index in [1.165, 1.54) is 29.1 Å². The molecular weight excluding hydrogens is 464 g/mol. The van der Waals surface area contributed by atoms with Crippen molar-refractivity contribution in [2.24, 2.45) is 14.1 Å². The summed E-state index contributed by atoms with van der Waals surface area (Å²) in [4.78, 5) is 52.2. The Morgan fingerprint density at radius 3 is 2.34 bits per heavy atom. The van der Waals surface area contributed by atoms with Gasteiger partial charge in [0.05, 0.1) is 5.75 Å². The van der Waals surface area contributed by atoms with E-state index in [-0.39, 0.29) is 17.6 Å². The van der Waals surface area contributed by atoms with Crippen LogP contribution in [0.5, 0.6) is 0 Å². The van der Waals surface area contributed by atoms with Gasteiger partial charge in [0.25, 0.3) is 5.56 Å². The number of piperazine rings is 1. The van der Waals surface area contributed by atoms with Crippen LogP contribution in [0.4, 0.5) is 5.69 Å². The maximum atomic E-state index is 13.1. The Bertz CT molecular complexity index is 1360. The van der Waals surface area contributed by atoms with E-state index in [0.717, 1.165) is 43.3 Å². The van der Waals surface area contributed by atoms with Crippen LogP contribution in [0, 0.1) is 0 Å². The van der Waals surface area contributed by atoms with E-state index in [2.05, 4.69) is 22.0 Å². The molecule has 1 amide bonds. The second-order valence-corrected chi connectivity index (χ2v) is 10.2. The van der Waals surface area contributed by atoms with Gasteiger partial charge in [-0.2, -0.15) is 0 Å². The molecule has 184 valence electrons. The van der Waals surface area contributed by atoms with Crippen LogP contribution in [0.15, 0.2) is 44.9 Å². The normalized spacial score (nSPS) is 16.9. The average molecular weight is 495 g/mol. The fourth-order valence-electron chi connectivity index (χ4n) is 4.99. The number of hydrogen-bond acceptors (Lipinski definition) is 7. The highest BCUT2D eigenvalue weighted by Crippen LogP contribution is 2.34. The molecule has 9 nitrogen and oxygen atoms in total. The van der Waals surface area contributed by atoms with E-state index in [9.17, 15) is 14.4 Å². The maximum Gasteiger partial charge on any atom is 0.332 e. The van der Waals surface area contributed by atoms with Gasteiger partial charge < -0.3 is 9.80 Å². The quantitative estimate of drug-likeness (QED) is 0.396. The fourth-order valence-corrected chi connectivity index (χ4v) is 5.91. The number of amides is 1. The molecule has 1 aromatic carbocycles. The molecule has 2 aromatic heterocycles. The molecule has 10 heteroatoms. The smallest absolute Gasteiger partial charge is 0.332 e. The largest absolute Gasteiger partial charge is 0.368 e. The van der Waals surface area contributed by atoms with Crippen molar-refractivity contribution in [3.63, 3.8) is 0 Å². The van der Waals surface area contributed by atoms with Gasteiger partial charge in [-0.05, 0) is 25.0 Å². The molecule has 0 unspecified atom stereocenters. The third kappa shape index (κ3) is 4.59. The molecule has 2 aliphatic rings. The third-order valence-corrected chi connectivity index (χ3v) is 8.05. The molecule has 1 aliphatic carbocycles. The molecule has 1 saturated heterocycles. The van der Waals surface area contributed by atoms with Gasteiger partial charge in [0.2, 0.25) is 5.91 Å². The number of aromatic nitrogens is 4. The van der Waals surface area contributed by atoms with Crippen molar-refractivity contribution >= 4 is 34.4 Å². The molecular formula is C25H30N6O3S. The van der Waals surface area contributed by atoms with Crippen LogP contribution in [0.3, 0.4) is 0 Å². The molecule has 35 heavy (non-hydrogen) atoms. The van der Waals surface area contributed by atoms with Gasteiger partial charge in [-0.15, -0.1) is 0 Å². The summed E-state index contributed by atoms with van der Waals surface area (Å²) in [7, 11) is 3.09.